The number of aliphatic hydroxyl groups excluding tert-OH is 1. The van der Waals surface area contributed by atoms with E-state index in [0.717, 1.165) is 5.56 Å². The normalized spacial score (nSPS) is 13.4. The zero-order chi connectivity index (χ0) is 14.5. The summed E-state index contributed by atoms with van der Waals surface area (Å²) in [5, 5.41) is 13.7. The molecule has 0 spiro atoms. The molecule has 0 fully saturated rings. The second-order valence-corrected chi connectivity index (χ2v) is 5.99. The molecule has 1 aromatic carbocycles. The van der Waals surface area contributed by atoms with Gasteiger partial charge in [-0.05, 0) is 39.0 Å². The maximum absolute atomic E-state index is 9.85. The van der Waals surface area contributed by atoms with Gasteiger partial charge in [0.25, 0.3) is 0 Å². The van der Waals surface area contributed by atoms with Gasteiger partial charge in [-0.2, -0.15) is 0 Å². The molecule has 0 saturated carbocycles. The first-order valence-corrected chi connectivity index (χ1v) is 6.74. The van der Waals surface area contributed by atoms with Crippen LogP contribution in [0.1, 0.15) is 26.3 Å². The van der Waals surface area contributed by atoms with Gasteiger partial charge in [-0.25, -0.2) is 0 Å². The van der Waals surface area contributed by atoms with Gasteiger partial charge < -0.3 is 20.9 Å². The quantitative estimate of drug-likeness (QED) is 0.747. The van der Waals surface area contributed by atoms with Crippen LogP contribution in [0.15, 0.2) is 18.2 Å². The van der Waals surface area contributed by atoms with Crippen LogP contribution in [0.4, 0.5) is 0 Å². The van der Waals surface area contributed by atoms with Gasteiger partial charge in [0.15, 0.2) is 0 Å². The van der Waals surface area contributed by atoms with Crippen molar-refractivity contribution in [1.29, 1.82) is 0 Å². The van der Waals surface area contributed by atoms with E-state index < -0.39 is 6.10 Å². The topological polar surface area (TPSA) is 67.5 Å². The lowest BCUT2D eigenvalue weighted by Gasteiger charge is -2.23. The van der Waals surface area contributed by atoms with E-state index >= 15 is 0 Å². The van der Waals surface area contributed by atoms with Gasteiger partial charge in [0.2, 0.25) is 0 Å². The second-order valence-electron chi connectivity index (χ2n) is 5.55. The molecular formula is C14H23ClN2O2. The lowest BCUT2D eigenvalue weighted by molar-refractivity contribution is 0.0996. The summed E-state index contributed by atoms with van der Waals surface area (Å²) < 4.78 is 5.58. The maximum atomic E-state index is 9.85. The molecule has 4 N–H and O–H groups in total. The molecule has 0 aliphatic rings. The molecule has 5 heteroatoms. The van der Waals surface area contributed by atoms with Crippen molar-refractivity contribution in [3.05, 3.63) is 28.8 Å². The van der Waals surface area contributed by atoms with Crippen molar-refractivity contribution in [1.82, 2.24) is 5.32 Å². The first-order valence-electron chi connectivity index (χ1n) is 6.36. The van der Waals surface area contributed by atoms with Crippen molar-refractivity contribution in [2.45, 2.75) is 39.0 Å². The molecule has 1 rings (SSSR count). The highest BCUT2D eigenvalue weighted by molar-refractivity contribution is 6.30. The molecule has 108 valence electrons. The molecule has 4 nitrogen and oxygen atoms in total. The van der Waals surface area contributed by atoms with Gasteiger partial charge in [0.1, 0.15) is 18.5 Å². The van der Waals surface area contributed by atoms with E-state index in [-0.39, 0.29) is 12.1 Å². The van der Waals surface area contributed by atoms with E-state index in [4.69, 9.17) is 22.1 Å². The van der Waals surface area contributed by atoms with Gasteiger partial charge in [0.05, 0.1) is 0 Å². The second kappa shape index (κ2) is 7.10. The van der Waals surface area contributed by atoms with Gasteiger partial charge in [-0.1, -0.05) is 11.6 Å². The smallest absolute Gasteiger partial charge is 0.124 e. The Morgan fingerprint density at radius 2 is 2.11 bits per heavy atom. The summed E-state index contributed by atoms with van der Waals surface area (Å²) >= 11 is 5.89. The molecule has 0 saturated heterocycles. The number of aliphatic hydroxyl groups is 1. The number of β-amino-alcohol motifs (C(OH)–C–C–N with tert-alkyl or cyclic N) is 1. The highest BCUT2D eigenvalue weighted by Crippen LogP contribution is 2.22. The zero-order valence-electron chi connectivity index (χ0n) is 11.7. The number of nitrogens with one attached hydrogen (secondary N) is 1. The third-order valence-corrected chi connectivity index (χ3v) is 2.78. The molecule has 1 atom stereocenters. The molecule has 0 bridgehead atoms. The molecule has 1 unspecified atom stereocenters. The van der Waals surface area contributed by atoms with E-state index in [1.54, 1.807) is 18.2 Å². The van der Waals surface area contributed by atoms with Crippen molar-refractivity contribution < 1.29 is 9.84 Å². The molecule has 0 aromatic heterocycles. The van der Waals surface area contributed by atoms with Crippen LogP contribution >= 0.6 is 11.6 Å². The molecule has 0 radical (unpaired) electrons. The minimum atomic E-state index is -0.569. The Balaban J connectivity index is 2.48. The third-order valence-electron chi connectivity index (χ3n) is 2.54. The molecule has 1 aromatic rings. The predicted molar refractivity (Wildman–Crippen MR) is 78.6 cm³/mol. The van der Waals surface area contributed by atoms with Crippen molar-refractivity contribution >= 4 is 11.6 Å². The minimum Gasteiger partial charge on any atom is -0.491 e. The van der Waals surface area contributed by atoms with Gasteiger partial charge in [-0.3, -0.25) is 0 Å². The lowest BCUT2D eigenvalue weighted by atomic mass is 10.1. The standard InChI is InChI=1S/C14H23ClN2O2/c1-14(2,3)17-8-12(18)9-19-13-5-4-11(15)6-10(13)7-16/h4-6,12,17-18H,7-9,16H2,1-3H3. The highest BCUT2D eigenvalue weighted by atomic mass is 35.5. The number of ether oxygens (including phenoxy) is 1. The van der Waals surface area contributed by atoms with Crippen LogP contribution in [0.5, 0.6) is 5.75 Å². The fourth-order valence-electron chi connectivity index (χ4n) is 1.52. The molecule has 19 heavy (non-hydrogen) atoms. The Morgan fingerprint density at radius 3 is 2.68 bits per heavy atom. The van der Waals surface area contributed by atoms with Crippen LogP contribution in [0.2, 0.25) is 5.02 Å². The van der Waals surface area contributed by atoms with Gasteiger partial charge in [0, 0.05) is 29.2 Å². The Morgan fingerprint density at radius 1 is 1.42 bits per heavy atom. The summed E-state index contributed by atoms with van der Waals surface area (Å²) in [7, 11) is 0. The summed E-state index contributed by atoms with van der Waals surface area (Å²) in [6.07, 6.45) is -0.569. The molecular weight excluding hydrogens is 264 g/mol. The number of halogens is 1. The van der Waals surface area contributed by atoms with Gasteiger partial charge in [-0.15, -0.1) is 0 Å². The summed E-state index contributed by atoms with van der Waals surface area (Å²) in [5.41, 5.74) is 6.44. The van der Waals surface area contributed by atoms with Crippen LogP contribution in [-0.4, -0.2) is 29.9 Å². The van der Waals surface area contributed by atoms with Crippen LogP contribution in [0, 0.1) is 0 Å². The average molecular weight is 287 g/mol. The lowest BCUT2D eigenvalue weighted by Crippen LogP contribution is -2.42. The van der Waals surface area contributed by atoms with Crippen LogP contribution < -0.4 is 15.8 Å². The molecule has 0 amide bonds. The highest BCUT2D eigenvalue weighted by Gasteiger charge is 2.13. The van der Waals surface area contributed by atoms with Crippen molar-refractivity contribution in [2.24, 2.45) is 5.73 Å². The van der Waals surface area contributed by atoms with E-state index in [1.807, 2.05) is 20.8 Å². The molecule has 0 aliphatic heterocycles. The van der Waals surface area contributed by atoms with E-state index in [0.29, 0.717) is 23.9 Å². The Bertz CT molecular complexity index is 405. The Hall–Kier alpha value is -0.810. The van der Waals surface area contributed by atoms with E-state index in [1.165, 1.54) is 0 Å². The number of nitrogens with two attached hydrogens (primary N) is 1. The maximum Gasteiger partial charge on any atom is 0.124 e. The van der Waals surface area contributed by atoms with E-state index in [2.05, 4.69) is 5.32 Å². The fraction of sp³-hybridized carbons (Fsp3) is 0.571. The summed E-state index contributed by atoms with van der Waals surface area (Å²) in [6, 6.07) is 5.29. The van der Waals surface area contributed by atoms with Gasteiger partial charge >= 0.3 is 0 Å². The zero-order valence-corrected chi connectivity index (χ0v) is 12.5. The summed E-state index contributed by atoms with van der Waals surface area (Å²) in [6.45, 7) is 7.20. The largest absolute Gasteiger partial charge is 0.491 e. The van der Waals surface area contributed by atoms with Crippen molar-refractivity contribution in [3.63, 3.8) is 0 Å². The minimum absolute atomic E-state index is 0.0241. The van der Waals surface area contributed by atoms with Crippen LogP contribution in [0.25, 0.3) is 0 Å². The number of benzene rings is 1. The summed E-state index contributed by atoms with van der Waals surface area (Å²) in [5.74, 6) is 0.668. The fourth-order valence-corrected chi connectivity index (χ4v) is 1.71. The first-order chi connectivity index (χ1) is 8.81. The van der Waals surface area contributed by atoms with Crippen LogP contribution in [-0.2, 0) is 6.54 Å². The van der Waals surface area contributed by atoms with Crippen molar-refractivity contribution in [2.75, 3.05) is 13.2 Å². The molecule has 0 heterocycles. The summed E-state index contributed by atoms with van der Waals surface area (Å²) in [4.78, 5) is 0. The van der Waals surface area contributed by atoms with Crippen molar-refractivity contribution in [3.8, 4) is 5.75 Å². The Kier molecular flexibility index (Phi) is 6.07. The third kappa shape index (κ3) is 6.25. The predicted octanol–water partition coefficient (Wildman–Crippen LogP) is 1.93. The number of rotatable bonds is 6. The van der Waals surface area contributed by atoms with E-state index in [9.17, 15) is 5.11 Å². The first kappa shape index (κ1) is 16.2. The number of hydrogen-bond donors (Lipinski definition) is 3. The Labute approximate surface area is 119 Å². The van der Waals surface area contributed by atoms with Crippen LogP contribution in [0.3, 0.4) is 0 Å². The SMILES string of the molecule is CC(C)(C)NCC(O)COc1ccc(Cl)cc1CN. The number of hydrogen-bond acceptors (Lipinski definition) is 4. The molecule has 0 aliphatic carbocycles. The average Bonchev–Trinajstić information content (AvgIpc) is 2.33. The monoisotopic (exact) mass is 286 g/mol.